The highest BCUT2D eigenvalue weighted by molar-refractivity contribution is 7.89. The van der Waals surface area contributed by atoms with Crippen LogP contribution in [0.2, 0.25) is 5.15 Å². The van der Waals surface area contributed by atoms with Gasteiger partial charge in [0, 0.05) is 26.0 Å². The van der Waals surface area contributed by atoms with Gasteiger partial charge in [-0.2, -0.15) is 0 Å². The van der Waals surface area contributed by atoms with E-state index in [4.69, 9.17) is 16.3 Å². The lowest BCUT2D eigenvalue weighted by Gasteiger charge is -2.12. The van der Waals surface area contributed by atoms with E-state index in [1.54, 1.807) is 0 Å². The number of hydrogen-bond donors (Lipinski definition) is 1. The summed E-state index contributed by atoms with van der Waals surface area (Å²) in [7, 11) is -0.805. The van der Waals surface area contributed by atoms with E-state index < -0.39 is 28.5 Å². The summed E-state index contributed by atoms with van der Waals surface area (Å²) in [4.78, 5) is 27.5. The second kappa shape index (κ2) is 8.26. The molecule has 0 aliphatic carbocycles. The van der Waals surface area contributed by atoms with E-state index in [1.165, 1.54) is 56.7 Å². The first-order valence-corrected chi connectivity index (χ1v) is 9.13. The van der Waals surface area contributed by atoms with Gasteiger partial charge in [0.25, 0.3) is 5.91 Å². The molecule has 0 unspecified atom stereocenters. The van der Waals surface area contributed by atoms with Crippen molar-refractivity contribution in [1.82, 2.24) is 9.29 Å². The molecule has 0 saturated carbocycles. The fraction of sp³-hybridized carbons (Fsp3) is 0.188. The number of halogens is 1. The van der Waals surface area contributed by atoms with Gasteiger partial charge >= 0.3 is 5.97 Å². The number of hydrogen-bond acceptors (Lipinski definition) is 6. The topological polar surface area (TPSA) is 106 Å². The highest BCUT2D eigenvalue weighted by atomic mass is 35.5. The summed E-state index contributed by atoms with van der Waals surface area (Å²) in [5.74, 6) is -1.34. The van der Waals surface area contributed by atoms with Gasteiger partial charge in [0.1, 0.15) is 5.15 Å². The Bertz CT molecular complexity index is 914. The number of aromatic nitrogens is 1. The number of rotatable bonds is 6. The summed E-state index contributed by atoms with van der Waals surface area (Å²) in [5, 5.41) is 2.70. The normalized spacial score (nSPS) is 11.2. The summed E-state index contributed by atoms with van der Waals surface area (Å²) in [6.07, 6.45) is 1.23. The second-order valence-electron chi connectivity index (χ2n) is 5.31. The molecule has 8 nitrogen and oxygen atoms in total. The average Bonchev–Trinajstić information content (AvgIpc) is 2.60. The van der Waals surface area contributed by atoms with E-state index in [1.807, 2.05) is 0 Å². The molecule has 2 rings (SSSR count). The first-order chi connectivity index (χ1) is 12.2. The van der Waals surface area contributed by atoms with Gasteiger partial charge in [-0.15, -0.1) is 0 Å². The molecule has 0 aliphatic rings. The molecular formula is C16H16ClN3O5S. The molecule has 0 aliphatic heterocycles. The van der Waals surface area contributed by atoms with Crippen LogP contribution < -0.4 is 5.32 Å². The summed E-state index contributed by atoms with van der Waals surface area (Å²) >= 11 is 5.63. The molecule has 1 amide bonds. The molecule has 0 atom stereocenters. The number of amides is 1. The Morgan fingerprint density at radius 3 is 2.58 bits per heavy atom. The monoisotopic (exact) mass is 397 g/mol. The fourth-order valence-electron chi connectivity index (χ4n) is 1.85. The Balaban J connectivity index is 1.98. The van der Waals surface area contributed by atoms with Crippen LogP contribution >= 0.6 is 11.6 Å². The van der Waals surface area contributed by atoms with Gasteiger partial charge < -0.3 is 10.1 Å². The van der Waals surface area contributed by atoms with Crippen molar-refractivity contribution in [3.8, 4) is 0 Å². The van der Waals surface area contributed by atoms with Crippen LogP contribution in [0.15, 0.2) is 47.5 Å². The molecule has 0 bridgehead atoms. The Morgan fingerprint density at radius 2 is 1.96 bits per heavy atom. The highest BCUT2D eigenvalue weighted by Gasteiger charge is 2.18. The minimum absolute atomic E-state index is 0.0320. The first-order valence-electron chi connectivity index (χ1n) is 7.31. The van der Waals surface area contributed by atoms with Crippen LogP contribution in [0.4, 0.5) is 5.69 Å². The van der Waals surface area contributed by atoms with Crippen molar-refractivity contribution < 1.29 is 22.7 Å². The molecule has 0 spiro atoms. The van der Waals surface area contributed by atoms with Gasteiger partial charge in [-0.1, -0.05) is 17.7 Å². The Hall–Kier alpha value is -2.49. The zero-order valence-corrected chi connectivity index (χ0v) is 15.5. The lowest BCUT2D eigenvalue weighted by Crippen LogP contribution is -2.23. The molecule has 0 fully saturated rings. The predicted octanol–water partition coefficient (Wildman–Crippen LogP) is 1.78. The lowest BCUT2D eigenvalue weighted by molar-refractivity contribution is -0.119. The van der Waals surface area contributed by atoms with Crippen LogP contribution in [0, 0.1) is 0 Å². The number of esters is 1. The molecule has 0 radical (unpaired) electrons. The third-order valence-electron chi connectivity index (χ3n) is 3.19. The number of carbonyl (C=O) groups is 2. The maximum absolute atomic E-state index is 12.1. The summed E-state index contributed by atoms with van der Waals surface area (Å²) < 4.78 is 30.1. The van der Waals surface area contributed by atoms with E-state index in [0.29, 0.717) is 0 Å². The van der Waals surface area contributed by atoms with E-state index in [-0.39, 0.29) is 21.3 Å². The van der Waals surface area contributed by atoms with Gasteiger partial charge in [0.15, 0.2) is 6.61 Å². The lowest BCUT2D eigenvalue weighted by atomic mass is 10.3. The number of ether oxygens (including phenoxy) is 1. The second-order valence-corrected chi connectivity index (χ2v) is 7.85. The average molecular weight is 398 g/mol. The Morgan fingerprint density at radius 1 is 1.23 bits per heavy atom. The molecule has 2 aromatic rings. The zero-order valence-electron chi connectivity index (χ0n) is 14.0. The predicted molar refractivity (Wildman–Crippen MR) is 95.5 cm³/mol. The first kappa shape index (κ1) is 19.8. The van der Waals surface area contributed by atoms with Gasteiger partial charge in [-0.3, -0.25) is 4.79 Å². The highest BCUT2D eigenvalue weighted by Crippen LogP contribution is 2.18. The number of pyridine rings is 1. The minimum atomic E-state index is -3.62. The van der Waals surface area contributed by atoms with Crippen LogP contribution in [0.5, 0.6) is 0 Å². The van der Waals surface area contributed by atoms with Crippen molar-refractivity contribution in [2.75, 3.05) is 26.0 Å². The van der Waals surface area contributed by atoms with Crippen molar-refractivity contribution >= 4 is 39.2 Å². The van der Waals surface area contributed by atoms with Gasteiger partial charge in [-0.25, -0.2) is 22.5 Å². The SMILES string of the molecule is CN(C)S(=O)(=O)c1cccc(NC(=O)COC(=O)c2ccc(Cl)nc2)c1. The van der Waals surface area contributed by atoms with E-state index in [9.17, 15) is 18.0 Å². The summed E-state index contributed by atoms with van der Waals surface area (Å²) in [6.45, 7) is -0.536. The maximum atomic E-state index is 12.1. The van der Waals surface area contributed by atoms with Crippen molar-refractivity contribution in [3.05, 3.63) is 53.3 Å². The Kier molecular flexibility index (Phi) is 6.30. The number of nitrogens with zero attached hydrogens (tertiary/aromatic N) is 2. The van der Waals surface area contributed by atoms with Crippen molar-refractivity contribution in [1.29, 1.82) is 0 Å². The van der Waals surface area contributed by atoms with E-state index in [2.05, 4.69) is 10.3 Å². The maximum Gasteiger partial charge on any atom is 0.340 e. The van der Waals surface area contributed by atoms with Gasteiger partial charge in [0.05, 0.1) is 10.5 Å². The molecule has 1 N–H and O–H groups in total. The molecule has 10 heteroatoms. The van der Waals surface area contributed by atoms with Crippen LogP contribution in [-0.2, 0) is 19.6 Å². The van der Waals surface area contributed by atoms with Crippen LogP contribution in [-0.4, -0.2) is 50.3 Å². The van der Waals surface area contributed by atoms with Crippen molar-refractivity contribution in [3.63, 3.8) is 0 Å². The van der Waals surface area contributed by atoms with Crippen LogP contribution in [0.3, 0.4) is 0 Å². The fourth-order valence-corrected chi connectivity index (χ4v) is 2.91. The smallest absolute Gasteiger partial charge is 0.340 e. The van der Waals surface area contributed by atoms with Gasteiger partial charge in [0.2, 0.25) is 10.0 Å². The molecule has 1 aromatic carbocycles. The van der Waals surface area contributed by atoms with Crippen molar-refractivity contribution in [2.45, 2.75) is 4.90 Å². The quantitative estimate of drug-likeness (QED) is 0.588. The molecule has 1 heterocycles. The molecular weight excluding hydrogens is 382 g/mol. The largest absolute Gasteiger partial charge is 0.452 e. The Labute approximate surface area is 155 Å². The summed E-state index contributed by atoms with van der Waals surface area (Å²) in [5.41, 5.74) is 0.420. The van der Waals surface area contributed by atoms with Crippen LogP contribution in [0.1, 0.15) is 10.4 Å². The third kappa shape index (κ3) is 5.01. The standard InChI is InChI=1S/C16H16ClN3O5S/c1-20(2)26(23,24)13-5-3-4-12(8-13)19-15(21)10-25-16(22)11-6-7-14(17)18-9-11/h3-9H,10H2,1-2H3,(H,19,21). The molecule has 26 heavy (non-hydrogen) atoms. The molecule has 0 saturated heterocycles. The molecule has 1 aromatic heterocycles. The number of benzene rings is 1. The van der Waals surface area contributed by atoms with Gasteiger partial charge in [-0.05, 0) is 30.3 Å². The van der Waals surface area contributed by atoms with Crippen molar-refractivity contribution in [2.24, 2.45) is 0 Å². The van der Waals surface area contributed by atoms with E-state index in [0.717, 1.165) is 4.31 Å². The minimum Gasteiger partial charge on any atom is -0.452 e. The summed E-state index contributed by atoms with van der Waals surface area (Å²) in [6, 6.07) is 8.60. The third-order valence-corrected chi connectivity index (χ3v) is 5.23. The number of sulfonamides is 1. The zero-order chi connectivity index (χ0) is 19.3. The number of nitrogens with one attached hydrogen (secondary N) is 1. The number of anilines is 1. The number of carbonyl (C=O) groups excluding carboxylic acids is 2. The van der Waals surface area contributed by atoms with Crippen LogP contribution in [0.25, 0.3) is 0 Å². The van der Waals surface area contributed by atoms with E-state index >= 15 is 0 Å². The molecule has 138 valence electrons.